The molecule has 0 saturated carbocycles. The van der Waals surface area contributed by atoms with E-state index in [1.54, 1.807) is 6.92 Å². The van der Waals surface area contributed by atoms with Crippen LogP contribution in [-0.4, -0.2) is 19.1 Å². The lowest BCUT2D eigenvalue weighted by Crippen LogP contribution is -2.17. The molecule has 0 spiro atoms. The Morgan fingerprint density at radius 2 is 1.88 bits per heavy atom. The standard InChI is InChI=1S/C10H10Br3NO2/c1-2-16-9(15)5-14-10-7(12)3-6(11)4-8(10)13/h3-4,14H,2,5H2,1H3. The van der Waals surface area contributed by atoms with Crippen LogP contribution >= 0.6 is 47.8 Å². The summed E-state index contributed by atoms with van der Waals surface area (Å²) in [5.41, 5.74) is 0.830. The maximum absolute atomic E-state index is 11.2. The van der Waals surface area contributed by atoms with Crippen LogP contribution in [0.15, 0.2) is 25.6 Å². The third kappa shape index (κ3) is 4.07. The van der Waals surface area contributed by atoms with Gasteiger partial charge in [0.05, 0.1) is 12.3 Å². The molecule has 1 rings (SSSR count). The predicted octanol–water partition coefficient (Wildman–Crippen LogP) is 3.95. The van der Waals surface area contributed by atoms with Crippen LogP contribution in [-0.2, 0) is 9.53 Å². The smallest absolute Gasteiger partial charge is 0.325 e. The first-order valence-corrected chi connectivity index (χ1v) is 6.96. The molecule has 0 saturated heterocycles. The summed E-state index contributed by atoms with van der Waals surface area (Å²) < 4.78 is 7.52. The second kappa shape index (κ2) is 6.61. The average Bonchev–Trinajstić information content (AvgIpc) is 2.16. The number of rotatable bonds is 4. The Labute approximate surface area is 119 Å². The van der Waals surface area contributed by atoms with Crippen molar-refractivity contribution in [1.82, 2.24) is 0 Å². The summed E-state index contributed by atoms with van der Waals surface area (Å²) in [6, 6.07) is 3.80. The molecule has 0 bridgehead atoms. The minimum Gasteiger partial charge on any atom is -0.465 e. The summed E-state index contributed by atoms with van der Waals surface area (Å²) in [5, 5.41) is 3.00. The highest BCUT2D eigenvalue weighted by molar-refractivity contribution is 9.11. The summed E-state index contributed by atoms with van der Waals surface area (Å²) in [4.78, 5) is 11.2. The summed E-state index contributed by atoms with van der Waals surface area (Å²) in [6.07, 6.45) is 0. The number of hydrogen-bond donors (Lipinski definition) is 1. The van der Waals surface area contributed by atoms with Gasteiger partial charge in [-0.05, 0) is 50.9 Å². The summed E-state index contributed by atoms with van der Waals surface area (Å²) >= 11 is 10.2. The Bertz CT molecular complexity index is 373. The molecule has 1 aromatic carbocycles. The second-order valence-electron chi connectivity index (χ2n) is 2.90. The van der Waals surface area contributed by atoms with Gasteiger partial charge in [-0.25, -0.2) is 0 Å². The number of ether oxygens (including phenoxy) is 1. The van der Waals surface area contributed by atoms with Gasteiger partial charge in [-0.3, -0.25) is 4.79 Å². The molecule has 0 amide bonds. The molecule has 0 unspecified atom stereocenters. The van der Waals surface area contributed by atoms with E-state index in [4.69, 9.17) is 4.74 Å². The van der Waals surface area contributed by atoms with E-state index in [2.05, 4.69) is 53.1 Å². The van der Waals surface area contributed by atoms with Crippen molar-refractivity contribution in [3.63, 3.8) is 0 Å². The molecule has 16 heavy (non-hydrogen) atoms. The van der Waals surface area contributed by atoms with Crippen molar-refractivity contribution in [2.45, 2.75) is 6.92 Å². The number of benzene rings is 1. The van der Waals surface area contributed by atoms with Crippen LogP contribution in [0.1, 0.15) is 6.92 Å². The van der Waals surface area contributed by atoms with E-state index in [-0.39, 0.29) is 12.5 Å². The molecule has 3 nitrogen and oxygen atoms in total. The molecule has 0 fully saturated rings. The predicted molar refractivity (Wildman–Crippen MR) is 74.7 cm³/mol. The molecule has 0 atom stereocenters. The van der Waals surface area contributed by atoms with Gasteiger partial charge < -0.3 is 10.1 Å². The van der Waals surface area contributed by atoms with E-state index in [1.165, 1.54) is 0 Å². The first kappa shape index (κ1) is 14.0. The first-order valence-electron chi connectivity index (χ1n) is 4.58. The third-order valence-electron chi connectivity index (χ3n) is 1.72. The Morgan fingerprint density at radius 3 is 2.38 bits per heavy atom. The largest absolute Gasteiger partial charge is 0.465 e. The summed E-state index contributed by atoms with van der Waals surface area (Å²) in [6.45, 7) is 2.32. The summed E-state index contributed by atoms with van der Waals surface area (Å²) in [5.74, 6) is -0.274. The van der Waals surface area contributed by atoms with Crippen molar-refractivity contribution in [3.05, 3.63) is 25.6 Å². The molecule has 0 aliphatic heterocycles. The normalized spacial score (nSPS) is 10.0. The highest BCUT2D eigenvalue weighted by atomic mass is 79.9. The van der Waals surface area contributed by atoms with Crippen molar-refractivity contribution in [2.75, 3.05) is 18.5 Å². The van der Waals surface area contributed by atoms with Gasteiger partial charge in [0.25, 0.3) is 0 Å². The zero-order valence-electron chi connectivity index (χ0n) is 8.52. The van der Waals surface area contributed by atoms with Crippen molar-refractivity contribution >= 4 is 59.4 Å². The lowest BCUT2D eigenvalue weighted by Gasteiger charge is -2.10. The fourth-order valence-corrected chi connectivity index (χ4v) is 3.62. The van der Waals surface area contributed by atoms with Crippen LogP contribution in [0, 0.1) is 0 Å². The van der Waals surface area contributed by atoms with E-state index >= 15 is 0 Å². The molecule has 1 N–H and O–H groups in total. The molecule has 0 aromatic heterocycles. The Morgan fingerprint density at radius 1 is 1.31 bits per heavy atom. The van der Waals surface area contributed by atoms with E-state index in [9.17, 15) is 4.79 Å². The lowest BCUT2D eigenvalue weighted by molar-refractivity contribution is -0.140. The molecule has 88 valence electrons. The SMILES string of the molecule is CCOC(=O)CNc1c(Br)cc(Br)cc1Br. The zero-order valence-corrected chi connectivity index (χ0v) is 13.3. The van der Waals surface area contributed by atoms with E-state index in [0.29, 0.717) is 6.61 Å². The topological polar surface area (TPSA) is 38.3 Å². The van der Waals surface area contributed by atoms with Crippen molar-refractivity contribution in [1.29, 1.82) is 0 Å². The zero-order chi connectivity index (χ0) is 12.1. The maximum Gasteiger partial charge on any atom is 0.325 e. The number of anilines is 1. The third-order valence-corrected chi connectivity index (χ3v) is 3.43. The molecule has 0 aliphatic carbocycles. The van der Waals surface area contributed by atoms with Crippen LogP contribution in [0.3, 0.4) is 0 Å². The number of carbonyl (C=O) groups is 1. The van der Waals surface area contributed by atoms with Gasteiger partial charge in [-0.2, -0.15) is 0 Å². The number of hydrogen-bond acceptors (Lipinski definition) is 3. The van der Waals surface area contributed by atoms with E-state index < -0.39 is 0 Å². The molecule has 0 radical (unpaired) electrons. The van der Waals surface area contributed by atoms with Crippen molar-refractivity contribution < 1.29 is 9.53 Å². The van der Waals surface area contributed by atoms with Crippen LogP contribution in [0.4, 0.5) is 5.69 Å². The van der Waals surface area contributed by atoms with Gasteiger partial charge in [-0.15, -0.1) is 0 Å². The highest BCUT2D eigenvalue weighted by Gasteiger charge is 2.08. The van der Waals surface area contributed by atoms with Gasteiger partial charge in [0.1, 0.15) is 6.54 Å². The van der Waals surface area contributed by atoms with Gasteiger partial charge in [0, 0.05) is 13.4 Å². The fraction of sp³-hybridized carbons (Fsp3) is 0.300. The molecule has 0 heterocycles. The number of nitrogens with one attached hydrogen (secondary N) is 1. The van der Waals surface area contributed by atoms with Crippen LogP contribution < -0.4 is 5.32 Å². The number of esters is 1. The lowest BCUT2D eigenvalue weighted by atomic mass is 10.3. The first-order chi connectivity index (χ1) is 7.54. The van der Waals surface area contributed by atoms with Crippen LogP contribution in [0.5, 0.6) is 0 Å². The van der Waals surface area contributed by atoms with Crippen LogP contribution in [0.2, 0.25) is 0 Å². The molecule has 1 aromatic rings. The maximum atomic E-state index is 11.2. The van der Waals surface area contributed by atoms with Crippen LogP contribution in [0.25, 0.3) is 0 Å². The Kier molecular flexibility index (Phi) is 5.78. The Balaban J connectivity index is 2.70. The van der Waals surface area contributed by atoms with Gasteiger partial charge in [0.15, 0.2) is 0 Å². The molecule has 6 heteroatoms. The minimum absolute atomic E-state index is 0.146. The van der Waals surface area contributed by atoms with E-state index in [0.717, 1.165) is 19.1 Å². The Hall–Kier alpha value is -0.0700. The van der Waals surface area contributed by atoms with Gasteiger partial charge in [0.2, 0.25) is 0 Å². The fourth-order valence-electron chi connectivity index (χ4n) is 1.08. The van der Waals surface area contributed by atoms with Crippen molar-refractivity contribution in [2.24, 2.45) is 0 Å². The molecule has 0 aliphatic rings. The monoisotopic (exact) mass is 413 g/mol. The molecular formula is C10H10Br3NO2. The quantitative estimate of drug-likeness (QED) is 0.757. The number of halogens is 3. The van der Waals surface area contributed by atoms with Gasteiger partial charge >= 0.3 is 5.97 Å². The highest BCUT2D eigenvalue weighted by Crippen LogP contribution is 2.34. The average molecular weight is 416 g/mol. The van der Waals surface area contributed by atoms with Crippen molar-refractivity contribution in [3.8, 4) is 0 Å². The minimum atomic E-state index is -0.274. The molecular weight excluding hydrogens is 406 g/mol. The van der Waals surface area contributed by atoms with Gasteiger partial charge in [-0.1, -0.05) is 15.9 Å². The second-order valence-corrected chi connectivity index (χ2v) is 5.53. The number of carbonyl (C=O) groups excluding carboxylic acids is 1. The van der Waals surface area contributed by atoms with E-state index in [1.807, 2.05) is 12.1 Å². The summed E-state index contributed by atoms with van der Waals surface area (Å²) in [7, 11) is 0.